The third kappa shape index (κ3) is 3.88. The Hall–Kier alpha value is -2.53. The van der Waals surface area contributed by atoms with Gasteiger partial charge in [-0.2, -0.15) is 0 Å². The lowest BCUT2D eigenvalue weighted by Gasteiger charge is -2.56. The van der Waals surface area contributed by atoms with Crippen LogP contribution in [-0.2, 0) is 11.8 Å². The first kappa shape index (κ1) is 21.3. The molecule has 1 heterocycles. The summed E-state index contributed by atoms with van der Waals surface area (Å²) in [6.07, 6.45) is 5.99. The maximum absolute atomic E-state index is 11.1. The summed E-state index contributed by atoms with van der Waals surface area (Å²) in [5.41, 5.74) is 3.26. The molecule has 1 unspecified atom stereocenters. The molecule has 1 saturated heterocycles. The van der Waals surface area contributed by atoms with Gasteiger partial charge in [0.2, 0.25) is 0 Å². The van der Waals surface area contributed by atoms with Crippen LogP contribution in [0.3, 0.4) is 0 Å². The Morgan fingerprint density at radius 1 is 1.16 bits per heavy atom. The van der Waals surface area contributed by atoms with Gasteiger partial charge >= 0.3 is 5.97 Å². The van der Waals surface area contributed by atoms with E-state index in [2.05, 4.69) is 30.0 Å². The molecule has 2 aromatic rings. The van der Waals surface area contributed by atoms with Crippen LogP contribution < -0.4 is 9.47 Å². The van der Waals surface area contributed by atoms with Crippen LogP contribution >= 0.6 is 0 Å². The normalized spacial score (nSPS) is 26.9. The second kappa shape index (κ2) is 8.43. The number of rotatable bonds is 8. The molecule has 32 heavy (non-hydrogen) atoms. The smallest absolute Gasteiger partial charge is 0.335 e. The van der Waals surface area contributed by atoms with E-state index in [1.807, 2.05) is 0 Å². The molecule has 2 fully saturated rings. The predicted molar refractivity (Wildman–Crippen MR) is 124 cm³/mol. The van der Waals surface area contributed by atoms with E-state index in [9.17, 15) is 4.79 Å². The van der Waals surface area contributed by atoms with E-state index >= 15 is 0 Å². The maximum Gasteiger partial charge on any atom is 0.335 e. The van der Waals surface area contributed by atoms with E-state index in [0.717, 1.165) is 43.2 Å². The minimum atomic E-state index is -0.916. The third-order valence-electron chi connectivity index (χ3n) is 8.15. The molecule has 5 heteroatoms. The Kier molecular flexibility index (Phi) is 5.62. The Balaban J connectivity index is 1.38. The number of benzene rings is 2. The van der Waals surface area contributed by atoms with Crippen molar-refractivity contribution in [3.05, 3.63) is 59.2 Å². The van der Waals surface area contributed by atoms with Gasteiger partial charge in [-0.3, -0.25) is 4.90 Å². The lowest BCUT2D eigenvalue weighted by atomic mass is 9.56. The highest BCUT2D eigenvalue weighted by Crippen LogP contribution is 2.52. The number of likely N-dealkylation sites (tertiary alicyclic amines) is 1. The molecule has 5 nitrogen and oxygen atoms in total. The number of carboxylic acid groups (broad SMARTS) is 1. The molecule has 0 radical (unpaired) electrons. The van der Waals surface area contributed by atoms with Gasteiger partial charge in [0, 0.05) is 18.0 Å². The van der Waals surface area contributed by atoms with Crippen LogP contribution in [0.1, 0.15) is 54.1 Å². The number of nitrogens with zero attached hydrogens (tertiary/aromatic N) is 1. The first-order chi connectivity index (χ1) is 15.5. The lowest BCUT2D eigenvalue weighted by molar-refractivity contribution is 0.00988. The molecular formula is C27H33NO4. The molecular weight excluding hydrogens is 402 g/mol. The molecule has 0 aromatic heterocycles. The van der Waals surface area contributed by atoms with Gasteiger partial charge in [-0.1, -0.05) is 13.0 Å². The van der Waals surface area contributed by atoms with E-state index in [0.29, 0.717) is 18.6 Å². The highest BCUT2D eigenvalue weighted by molar-refractivity contribution is 5.87. The number of hydrogen-bond acceptors (Lipinski definition) is 4. The minimum Gasteiger partial charge on any atom is -0.497 e. The number of hydrogen-bond donors (Lipinski definition) is 1. The predicted octanol–water partition coefficient (Wildman–Crippen LogP) is 4.78. The molecule has 170 valence electrons. The molecule has 5 rings (SSSR count). The first-order valence-electron chi connectivity index (χ1n) is 11.9. The van der Waals surface area contributed by atoms with Crippen LogP contribution in [0.25, 0.3) is 0 Å². The van der Waals surface area contributed by atoms with Crippen molar-refractivity contribution in [1.82, 2.24) is 4.90 Å². The quantitative estimate of drug-likeness (QED) is 0.647. The Bertz CT molecular complexity index is 984. The summed E-state index contributed by atoms with van der Waals surface area (Å²) >= 11 is 0. The van der Waals surface area contributed by atoms with Crippen LogP contribution in [0.15, 0.2) is 42.5 Å². The summed E-state index contributed by atoms with van der Waals surface area (Å²) in [5, 5.41) is 9.11. The molecule has 0 amide bonds. The second-order valence-corrected chi connectivity index (χ2v) is 9.86. The molecule has 0 spiro atoms. The number of fused-ring (bicyclic) bond motifs is 4. The van der Waals surface area contributed by atoms with Crippen molar-refractivity contribution in [3.63, 3.8) is 0 Å². The van der Waals surface area contributed by atoms with Gasteiger partial charge in [0.15, 0.2) is 0 Å². The minimum absolute atomic E-state index is 0.0772. The van der Waals surface area contributed by atoms with E-state index in [1.54, 1.807) is 31.4 Å². The van der Waals surface area contributed by atoms with E-state index in [-0.39, 0.29) is 11.0 Å². The number of ether oxygens (including phenoxy) is 2. The lowest BCUT2D eigenvalue weighted by Crippen LogP contribution is -2.59. The monoisotopic (exact) mass is 435 g/mol. The van der Waals surface area contributed by atoms with Crippen molar-refractivity contribution < 1.29 is 19.4 Å². The van der Waals surface area contributed by atoms with Gasteiger partial charge in [0.1, 0.15) is 11.5 Å². The maximum atomic E-state index is 11.1. The molecule has 3 atom stereocenters. The molecule has 1 aliphatic heterocycles. The van der Waals surface area contributed by atoms with Crippen LogP contribution in [0.2, 0.25) is 0 Å². The summed E-state index contributed by atoms with van der Waals surface area (Å²) in [5.74, 6) is 2.19. The zero-order chi connectivity index (χ0) is 22.3. The summed E-state index contributed by atoms with van der Waals surface area (Å²) < 4.78 is 11.7. The molecule has 1 N–H and O–H groups in total. The Morgan fingerprint density at radius 2 is 1.91 bits per heavy atom. The van der Waals surface area contributed by atoms with Gasteiger partial charge in [0.25, 0.3) is 0 Å². The average molecular weight is 436 g/mol. The van der Waals surface area contributed by atoms with E-state index in [4.69, 9.17) is 14.6 Å². The van der Waals surface area contributed by atoms with Crippen molar-refractivity contribution in [3.8, 4) is 11.5 Å². The van der Waals surface area contributed by atoms with Gasteiger partial charge in [-0.25, -0.2) is 4.79 Å². The van der Waals surface area contributed by atoms with Gasteiger partial charge in [0.05, 0.1) is 19.3 Å². The summed E-state index contributed by atoms with van der Waals surface area (Å²) in [6.45, 7) is 5.45. The van der Waals surface area contributed by atoms with Gasteiger partial charge in [-0.15, -0.1) is 0 Å². The van der Waals surface area contributed by atoms with Crippen LogP contribution in [-0.4, -0.2) is 48.8 Å². The van der Waals surface area contributed by atoms with Crippen molar-refractivity contribution in [2.75, 3.05) is 26.8 Å². The fourth-order valence-corrected chi connectivity index (χ4v) is 6.05. The number of carbonyl (C=O) groups is 1. The highest BCUT2D eigenvalue weighted by atomic mass is 16.5. The second-order valence-electron chi connectivity index (χ2n) is 9.86. The Morgan fingerprint density at radius 3 is 2.59 bits per heavy atom. The average Bonchev–Trinajstić information content (AvgIpc) is 3.61. The number of piperidine rings is 1. The molecule has 2 bridgehead atoms. The first-order valence-corrected chi connectivity index (χ1v) is 11.9. The van der Waals surface area contributed by atoms with E-state index < -0.39 is 5.97 Å². The number of methoxy groups -OCH3 is 1. The SMILES string of the molecule is COc1ccc2c(c1)[C@]1(CCOc3ccc(C(=O)O)cc3)CCN(CC3CC3)[C@H](C2)C1C. The summed E-state index contributed by atoms with van der Waals surface area (Å²) in [6, 6.07) is 13.9. The molecule has 1 saturated carbocycles. The standard InChI is InChI=1S/C27H33NO4/c1-18-25-15-21-7-10-23(31-2)16-24(21)27(18,11-13-28(25)17-19-3-4-19)12-14-32-22-8-5-20(6-9-22)26(29)30/h5-10,16,18-19,25H,3-4,11-15,17H2,1-2H3,(H,29,30)/t18?,25-,27+/m1/s1. The Labute approximate surface area is 190 Å². The largest absolute Gasteiger partial charge is 0.497 e. The number of carboxylic acids is 1. The van der Waals surface area contributed by atoms with E-state index in [1.165, 1.54) is 30.5 Å². The van der Waals surface area contributed by atoms with Crippen molar-refractivity contribution >= 4 is 5.97 Å². The van der Waals surface area contributed by atoms with Gasteiger partial charge in [-0.05, 0) is 98.0 Å². The zero-order valence-electron chi connectivity index (χ0n) is 19.0. The zero-order valence-corrected chi connectivity index (χ0v) is 19.0. The summed E-state index contributed by atoms with van der Waals surface area (Å²) in [7, 11) is 1.74. The molecule has 2 aliphatic carbocycles. The fraction of sp³-hybridized carbons (Fsp3) is 0.519. The van der Waals surface area contributed by atoms with Crippen molar-refractivity contribution in [1.29, 1.82) is 0 Å². The summed E-state index contributed by atoms with van der Waals surface area (Å²) in [4.78, 5) is 13.9. The fourth-order valence-electron chi connectivity index (χ4n) is 6.05. The van der Waals surface area contributed by atoms with Crippen molar-refractivity contribution in [2.45, 2.75) is 50.5 Å². The van der Waals surface area contributed by atoms with Crippen LogP contribution in [0.5, 0.6) is 11.5 Å². The van der Waals surface area contributed by atoms with Crippen LogP contribution in [0, 0.1) is 11.8 Å². The molecule has 3 aliphatic rings. The van der Waals surface area contributed by atoms with Gasteiger partial charge < -0.3 is 14.6 Å². The number of aromatic carboxylic acids is 1. The third-order valence-corrected chi connectivity index (χ3v) is 8.15. The molecule has 2 aromatic carbocycles. The van der Waals surface area contributed by atoms with Crippen molar-refractivity contribution in [2.24, 2.45) is 11.8 Å². The highest BCUT2D eigenvalue weighted by Gasteiger charge is 2.51. The van der Waals surface area contributed by atoms with Crippen LogP contribution in [0.4, 0.5) is 0 Å². The topological polar surface area (TPSA) is 59.0 Å².